The summed E-state index contributed by atoms with van der Waals surface area (Å²) >= 11 is 1.60. The summed E-state index contributed by atoms with van der Waals surface area (Å²) in [5, 5.41) is 3.94. The summed E-state index contributed by atoms with van der Waals surface area (Å²) in [6, 6.07) is 14.0. The fraction of sp³-hybridized carbons (Fsp3) is 0.346. The molecule has 3 aromatic rings. The first-order valence-corrected chi connectivity index (χ1v) is 12.2. The number of aryl methyl sites for hydroxylation is 1. The van der Waals surface area contributed by atoms with Gasteiger partial charge < -0.3 is 19.7 Å². The summed E-state index contributed by atoms with van der Waals surface area (Å²) < 4.78 is 10.7. The van der Waals surface area contributed by atoms with Crippen molar-refractivity contribution in [2.24, 2.45) is 5.92 Å². The highest BCUT2D eigenvalue weighted by Crippen LogP contribution is 2.34. The number of benzene rings is 2. The van der Waals surface area contributed by atoms with Crippen LogP contribution in [-0.4, -0.2) is 43.2 Å². The van der Waals surface area contributed by atoms with Crippen LogP contribution in [0, 0.1) is 12.8 Å². The van der Waals surface area contributed by atoms with E-state index in [4.69, 9.17) is 9.47 Å². The van der Waals surface area contributed by atoms with Gasteiger partial charge in [-0.3, -0.25) is 4.79 Å². The molecule has 7 nitrogen and oxygen atoms in total. The minimum absolute atomic E-state index is 0.0446. The van der Waals surface area contributed by atoms with Crippen molar-refractivity contribution in [1.29, 1.82) is 0 Å². The van der Waals surface area contributed by atoms with Gasteiger partial charge in [0.2, 0.25) is 5.91 Å². The topological polar surface area (TPSA) is 76.6 Å². The molecule has 1 atom stereocenters. The zero-order valence-electron chi connectivity index (χ0n) is 19.8. The third kappa shape index (κ3) is 5.99. The molecule has 1 fully saturated rings. The lowest BCUT2D eigenvalue weighted by atomic mass is 9.97. The van der Waals surface area contributed by atoms with E-state index in [1.54, 1.807) is 38.4 Å². The molecule has 0 unspecified atom stereocenters. The maximum absolute atomic E-state index is 13.0. The van der Waals surface area contributed by atoms with Gasteiger partial charge >= 0.3 is 0 Å². The molecule has 1 aromatic heterocycles. The second-order valence-electron chi connectivity index (χ2n) is 8.32. The van der Waals surface area contributed by atoms with Crippen LogP contribution in [-0.2, 0) is 11.3 Å². The number of hydrogen-bond acceptors (Lipinski definition) is 7. The van der Waals surface area contributed by atoms with Crippen molar-refractivity contribution in [3.8, 4) is 11.5 Å². The Labute approximate surface area is 204 Å². The zero-order valence-corrected chi connectivity index (χ0v) is 20.6. The van der Waals surface area contributed by atoms with Crippen LogP contribution >= 0.6 is 11.8 Å². The molecule has 1 aliphatic rings. The van der Waals surface area contributed by atoms with Crippen LogP contribution in [0.5, 0.6) is 11.5 Å². The number of carbonyl (C=O) groups is 1. The molecular weight excluding hydrogens is 448 g/mol. The lowest BCUT2D eigenvalue weighted by molar-refractivity contribution is -0.125. The molecule has 1 N–H and O–H groups in total. The Morgan fingerprint density at radius 1 is 1.09 bits per heavy atom. The number of nitrogens with zero attached hydrogens (tertiary/aromatic N) is 3. The Bertz CT molecular complexity index is 1100. The second kappa shape index (κ2) is 11.2. The SMILES string of the molecule is COc1cc(CNC(=O)[C@H]2CCCN(c3nccnc3Sc3ccc(C)cc3)C2)cc(OC)c1. The molecule has 2 aromatic carbocycles. The average molecular weight is 479 g/mol. The van der Waals surface area contributed by atoms with Crippen molar-refractivity contribution in [2.75, 3.05) is 32.2 Å². The van der Waals surface area contributed by atoms with Gasteiger partial charge in [-0.1, -0.05) is 29.5 Å². The molecule has 1 saturated heterocycles. The fourth-order valence-electron chi connectivity index (χ4n) is 4.01. The Morgan fingerprint density at radius 3 is 2.50 bits per heavy atom. The molecule has 8 heteroatoms. The number of amides is 1. The largest absolute Gasteiger partial charge is 0.497 e. The molecule has 2 heterocycles. The Hall–Kier alpha value is -3.26. The van der Waals surface area contributed by atoms with E-state index in [1.165, 1.54) is 5.56 Å². The van der Waals surface area contributed by atoms with E-state index < -0.39 is 0 Å². The third-order valence-corrected chi connectivity index (χ3v) is 6.84. The molecule has 0 saturated carbocycles. The van der Waals surface area contributed by atoms with Gasteiger partial charge in [-0.2, -0.15) is 0 Å². The molecule has 1 amide bonds. The van der Waals surface area contributed by atoms with Crippen molar-refractivity contribution < 1.29 is 14.3 Å². The molecule has 1 aliphatic heterocycles. The van der Waals surface area contributed by atoms with Gasteiger partial charge in [-0.25, -0.2) is 9.97 Å². The number of aromatic nitrogens is 2. The number of anilines is 1. The minimum Gasteiger partial charge on any atom is -0.497 e. The normalized spacial score (nSPS) is 15.6. The number of rotatable bonds is 8. The van der Waals surface area contributed by atoms with Crippen LogP contribution in [0.4, 0.5) is 5.82 Å². The predicted molar refractivity (Wildman–Crippen MR) is 134 cm³/mol. The monoisotopic (exact) mass is 478 g/mol. The van der Waals surface area contributed by atoms with E-state index in [-0.39, 0.29) is 11.8 Å². The van der Waals surface area contributed by atoms with Crippen LogP contribution < -0.4 is 19.7 Å². The molecule has 4 rings (SSSR count). The highest BCUT2D eigenvalue weighted by atomic mass is 32.2. The fourth-order valence-corrected chi connectivity index (χ4v) is 4.89. The minimum atomic E-state index is -0.111. The van der Waals surface area contributed by atoms with Crippen molar-refractivity contribution in [2.45, 2.75) is 36.2 Å². The predicted octanol–water partition coefficient (Wildman–Crippen LogP) is 4.49. The average Bonchev–Trinajstić information content (AvgIpc) is 2.88. The van der Waals surface area contributed by atoms with Gasteiger partial charge in [0.15, 0.2) is 5.82 Å². The van der Waals surface area contributed by atoms with Crippen LogP contribution in [0.3, 0.4) is 0 Å². The summed E-state index contributed by atoms with van der Waals surface area (Å²) in [5.41, 5.74) is 2.16. The van der Waals surface area contributed by atoms with E-state index >= 15 is 0 Å². The third-order valence-electron chi connectivity index (χ3n) is 5.85. The molecular formula is C26H30N4O3S. The van der Waals surface area contributed by atoms with Gasteiger partial charge in [0.1, 0.15) is 16.5 Å². The molecule has 0 aliphatic carbocycles. The zero-order chi connectivity index (χ0) is 23.9. The smallest absolute Gasteiger partial charge is 0.225 e. The van der Waals surface area contributed by atoms with E-state index in [2.05, 4.69) is 51.4 Å². The summed E-state index contributed by atoms with van der Waals surface area (Å²) in [6.45, 7) is 3.97. The molecule has 34 heavy (non-hydrogen) atoms. The van der Waals surface area contributed by atoms with Crippen LogP contribution in [0.1, 0.15) is 24.0 Å². The Kier molecular flexibility index (Phi) is 7.90. The van der Waals surface area contributed by atoms with Gasteiger partial charge in [0, 0.05) is 43.0 Å². The lowest BCUT2D eigenvalue weighted by Gasteiger charge is -2.33. The number of hydrogen-bond donors (Lipinski definition) is 1. The molecule has 0 bridgehead atoms. The van der Waals surface area contributed by atoms with Gasteiger partial charge in [-0.05, 0) is 49.6 Å². The van der Waals surface area contributed by atoms with Crippen LogP contribution in [0.2, 0.25) is 0 Å². The number of carbonyl (C=O) groups excluding carboxylic acids is 1. The maximum Gasteiger partial charge on any atom is 0.225 e. The molecule has 0 spiro atoms. The standard InChI is InChI=1S/C26H30N4O3S/c1-18-6-8-23(9-7-18)34-26-24(27-10-11-28-26)30-12-4-5-20(17-30)25(31)29-16-19-13-21(32-2)15-22(14-19)33-3/h6-11,13-15,20H,4-5,12,16-17H2,1-3H3,(H,29,31)/t20-/m0/s1. The highest BCUT2D eigenvalue weighted by Gasteiger charge is 2.28. The van der Waals surface area contributed by atoms with Gasteiger partial charge in [0.05, 0.1) is 20.1 Å². The van der Waals surface area contributed by atoms with Gasteiger partial charge in [-0.15, -0.1) is 0 Å². The first-order chi connectivity index (χ1) is 16.6. The summed E-state index contributed by atoms with van der Waals surface area (Å²) in [7, 11) is 3.23. The van der Waals surface area contributed by atoms with Crippen molar-refractivity contribution in [3.63, 3.8) is 0 Å². The van der Waals surface area contributed by atoms with E-state index in [0.717, 1.165) is 40.7 Å². The number of ether oxygens (including phenoxy) is 2. The van der Waals surface area contributed by atoms with E-state index in [0.29, 0.717) is 24.6 Å². The number of nitrogens with one attached hydrogen (secondary N) is 1. The first-order valence-electron chi connectivity index (χ1n) is 11.4. The highest BCUT2D eigenvalue weighted by molar-refractivity contribution is 7.99. The summed E-state index contributed by atoms with van der Waals surface area (Å²) in [5.74, 6) is 2.18. The van der Waals surface area contributed by atoms with Crippen LogP contribution in [0.25, 0.3) is 0 Å². The number of piperidine rings is 1. The maximum atomic E-state index is 13.0. The summed E-state index contributed by atoms with van der Waals surface area (Å²) in [4.78, 5) is 25.5. The van der Waals surface area contributed by atoms with E-state index in [9.17, 15) is 4.79 Å². The summed E-state index contributed by atoms with van der Waals surface area (Å²) in [6.07, 6.45) is 5.21. The Morgan fingerprint density at radius 2 is 1.79 bits per heavy atom. The van der Waals surface area contributed by atoms with Crippen molar-refractivity contribution in [1.82, 2.24) is 15.3 Å². The molecule has 0 radical (unpaired) electrons. The van der Waals surface area contributed by atoms with Crippen molar-refractivity contribution >= 4 is 23.5 Å². The van der Waals surface area contributed by atoms with Crippen molar-refractivity contribution in [3.05, 3.63) is 66.0 Å². The number of methoxy groups -OCH3 is 2. The first kappa shape index (κ1) is 23.9. The van der Waals surface area contributed by atoms with Crippen LogP contribution in [0.15, 0.2) is 64.8 Å². The second-order valence-corrected chi connectivity index (χ2v) is 9.39. The van der Waals surface area contributed by atoms with Gasteiger partial charge in [0.25, 0.3) is 0 Å². The van der Waals surface area contributed by atoms with E-state index in [1.807, 2.05) is 18.2 Å². The molecule has 178 valence electrons. The quantitative estimate of drug-likeness (QED) is 0.511. The lowest BCUT2D eigenvalue weighted by Crippen LogP contribution is -2.43. The Balaban J connectivity index is 1.42.